The van der Waals surface area contributed by atoms with Crippen LogP contribution in [0.15, 0.2) is 18.2 Å². The van der Waals surface area contributed by atoms with E-state index in [1.54, 1.807) is 5.32 Å². The predicted molar refractivity (Wildman–Crippen MR) is 55.7 cm³/mol. The first kappa shape index (κ1) is 14.8. The van der Waals surface area contributed by atoms with Crippen molar-refractivity contribution in [1.82, 2.24) is 5.32 Å². The number of nitrogens with one attached hydrogen (secondary N) is 1. The molecular weight excluding hydrogens is 268 g/mol. The highest BCUT2D eigenvalue weighted by molar-refractivity contribution is 5.77. The molecule has 8 heteroatoms. The van der Waals surface area contributed by atoms with Crippen LogP contribution in [0.2, 0.25) is 0 Å². The van der Waals surface area contributed by atoms with Gasteiger partial charge in [-0.3, -0.25) is 4.79 Å². The van der Waals surface area contributed by atoms with E-state index in [9.17, 15) is 22.4 Å². The van der Waals surface area contributed by atoms with E-state index in [-0.39, 0.29) is 5.75 Å². The Morgan fingerprint density at radius 3 is 2.68 bits per heavy atom. The van der Waals surface area contributed by atoms with Gasteiger partial charge in [0.05, 0.1) is 0 Å². The van der Waals surface area contributed by atoms with Crippen LogP contribution < -0.4 is 10.1 Å². The maximum Gasteiger partial charge on any atom is 0.405 e. The predicted octanol–water partition coefficient (Wildman–Crippen LogP) is 1.75. The molecule has 1 N–H and O–H groups in total. The number of rotatable bonds is 4. The Morgan fingerprint density at radius 1 is 1.42 bits per heavy atom. The zero-order chi connectivity index (χ0) is 14.5. The molecule has 0 aromatic heterocycles. The molecule has 0 unspecified atom stereocenters. The van der Waals surface area contributed by atoms with Gasteiger partial charge in [0.25, 0.3) is 5.91 Å². The van der Waals surface area contributed by atoms with Crippen molar-refractivity contribution < 1.29 is 27.1 Å². The summed E-state index contributed by atoms with van der Waals surface area (Å²) in [6.07, 6.45) is -4.52. The number of carbonyl (C=O) groups is 1. The SMILES string of the molecule is N#Cc1c(F)cccc1OCC(=O)NCC(F)(F)F. The van der Waals surface area contributed by atoms with Crippen molar-refractivity contribution >= 4 is 5.91 Å². The number of alkyl halides is 3. The summed E-state index contributed by atoms with van der Waals surface area (Å²) < 4.78 is 53.3. The number of carbonyl (C=O) groups excluding carboxylic acids is 1. The highest BCUT2D eigenvalue weighted by Crippen LogP contribution is 2.20. The topological polar surface area (TPSA) is 62.1 Å². The zero-order valence-corrected chi connectivity index (χ0v) is 9.42. The van der Waals surface area contributed by atoms with Gasteiger partial charge in [-0.15, -0.1) is 0 Å². The van der Waals surface area contributed by atoms with Gasteiger partial charge in [0.2, 0.25) is 0 Å². The first-order valence-electron chi connectivity index (χ1n) is 4.98. The smallest absolute Gasteiger partial charge is 0.405 e. The minimum atomic E-state index is -4.52. The molecule has 1 aromatic rings. The van der Waals surface area contributed by atoms with Gasteiger partial charge in [0.15, 0.2) is 6.61 Å². The fraction of sp³-hybridized carbons (Fsp3) is 0.273. The van der Waals surface area contributed by atoms with Crippen molar-refractivity contribution in [1.29, 1.82) is 5.26 Å². The van der Waals surface area contributed by atoms with Crippen LogP contribution >= 0.6 is 0 Å². The standard InChI is InChI=1S/C11H8F4N2O2/c12-8-2-1-3-9(7(8)4-16)19-5-10(18)17-6-11(13,14)15/h1-3H,5-6H2,(H,17,18). The van der Waals surface area contributed by atoms with Crippen LogP contribution in [-0.2, 0) is 4.79 Å². The van der Waals surface area contributed by atoms with Crippen molar-refractivity contribution in [2.24, 2.45) is 0 Å². The van der Waals surface area contributed by atoms with Gasteiger partial charge in [0, 0.05) is 0 Å². The third-order valence-corrected chi connectivity index (χ3v) is 1.93. The lowest BCUT2D eigenvalue weighted by Crippen LogP contribution is -2.36. The van der Waals surface area contributed by atoms with Crippen molar-refractivity contribution in [3.05, 3.63) is 29.6 Å². The van der Waals surface area contributed by atoms with Crippen LogP contribution in [0, 0.1) is 17.1 Å². The molecule has 0 radical (unpaired) electrons. The van der Waals surface area contributed by atoms with Gasteiger partial charge in [-0.05, 0) is 12.1 Å². The average molecular weight is 276 g/mol. The number of hydrogen-bond acceptors (Lipinski definition) is 3. The van der Waals surface area contributed by atoms with E-state index in [0.29, 0.717) is 0 Å². The molecule has 0 aliphatic carbocycles. The summed E-state index contributed by atoms with van der Waals surface area (Å²) in [5.41, 5.74) is -0.411. The van der Waals surface area contributed by atoms with E-state index in [4.69, 9.17) is 10.00 Å². The Kier molecular flexibility index (Phi) is 4.69. The second-order valence-corrected chi connectivity index (χ2v) is 3.41. The summed E-state index contributed by atoms with van der Waals surface area (Å²) in [7, 11) is 0. The lowest BCUT2D eigenvalue weighted by Gasteiger charge is -2.10. The third-order valence-electron chi connectivity index (χ3n) is 1.93. The monoisotopic (exact) mass is 276 g/mol. The molecular formula is C11H8F4N2O2. The molecule has 0 heterocycles. The molecule has 1 rings (SSSR count). The summed E-state index contributed by atoms with van der Waals surface area (Å²) in [5.74, 6) is -2.06. The van der Waals surface area contributed by atoms with Gasteiger partial charge in [0.1, 0.15) is 29.7 Å². The maximum absolute atomic E-state index is 13.1. The first-order chi connectivity index (χ1) is 8.83. The Morgan fingerprint density at radius 2 is 2.11 bits per heavy atom. The Labute approximate surface area is 105 Å². The van der Waals surface area contributed by atoms with E-state index in [2.05, 4.69) is 0 Å². The van der Waals surface area contributed by atoms with Crippen LogP contribution in [0.3, 0.4) is 0 Å². The summed E-state index contributed by atoms with van der Waals surface area (Å²) in [6, 6.07) is 5.04. The second-order valence-electron chi connectivity index (χ2n) is 3.41. The summed E-state index contributed by atoms with van der Waals surface area (Å²) in [4.78, 5) is 11.0. The van der Waals surface area contributed by atoms with Crippen molar-refractivity contribution in [2.45, 2.75) is 6.18 Å². The van der Waals surface area contributed by atoms with Crippen molar-refractivity contribution in [3.63, 3.8) is 0 Å². The lowest BCUT2D eigenvalue weighted by molar-refractivity contribution is -0.139. The zero-order valence-electron chi connectivity index (χ0n) is 9.42. The van der Waals surface area contributed by atoms with Crippen LogP contribution in [-0.4, -0.2) is 25.2 Å². The van der Waals surface area contributed by atoms with Gasteiger partial charge in [-0.25, -0.2) is 4.39 Å². The number of halogens is 4. The number of nitrogens with zero attached hydrogens (tertiary/aromatic N) is 1. The van der Waals surface area contributed by atoms with E-state index in [1.165, 1.54) is 18.2 Å². The van der Waals surface area contributed by atoms with Gasteiger partial charge in [-0.2, -0.15) is 18.4 Å². The van der Waals surface area contributed by atoms with Crippen LogP contribution in [0.5, 0.6) is 5.75 Å². The van der Waals surface area contributed by atoms with Crippen LogP contribution in [0.1, 0.15) is 5.56 Å². The average Bonchev–Trinajstić information content (AvgIpc) is 2.33. The fourth-order valence-electron chi connectivity index (χ4n) is 1.13. The van der Waals surface area contributed by atoms with Gasteiger partial charge < -0.3 is 10.1 Å². The Hall–Kier alpha value is -2.30. The minimum absolute atomic E-state index is 0.204. The highest BCUT2D eigenvalue weighted by atomic mass is 19.4. The van der Waals surface area contributed by atoms with E-state index < -0.39 is 36.6 Å². The molecule has 19 heavy (non-hydrogen) atoms. The Balaban J connectivity index is 2.56. The summed E-state index contributed by atoms with van der Waals surface area (Å²) in [6.45, 7) is -2.22. The molecule has 0 aliphatic rings. The summed E-state index contributed by atoms with van der Waals surface area (Å²) in [5, 5.41) is 10.2. The maximum atomic E-state index is 13.1. The summed E-state index contributed by atoms with van der Waals surface area (Å²) >= 11 is 0. The third kappa shape index (κ3) is 4.83. The van der Waals surface area contributed by atoms with Crippen molar-refractivity contribution in [3.8, 4) is 11.8 Å². The molecule has 1 amide bonds. The Bertz CT molecular complexity index is 508. The normalized spacial score (nSPS) is 10.7. The molecule has 0 spiro atoms. The van der Waals surface area contributed by atoms with E-state index >= 15 is 0 Å². The fourth-order valence-corrected chi connectivity index (χ4v) is 1.13. The largest absolute Gasteiger partial charge is 0.482 e. The number of nitriles is 1. The van der Waals surface area contributed by atoms with Crippen molar-refractivity contribution in [2.75, 3.05) is 13.2 Å². The first-order valence-corrected chi connectivity index (χ1v) is 4.98. The molecule has 0 saturated heterocycles. The quantitative estimate of drug-likeness (QED) is 0.852. The van der Waals surface area contributed by atoms with Crippen LogP contribution in [0.25, 0.3) is 0 Å². The molecule has 0 fully saturated rings. The molecule has 0 bridgehead atoms. The molecule has 0 atom stereocenters. The molecule has 102 valence electrons. The minimum Gasteiger partial charge on any atom is -0.482 e. The molecule has 0 aliphatic heterocycles. The van der Waals surface area contributed by atoms with E-state index in [0.717, 1.165) is 6.07 Å². The molecule has 4 nitrogen and oxygen atoms in total. The highest BCUT2D eigenvalue weighted by Gasteiger charge is 2.27. The van der Waals surface area contributed by atoms with Gasteiger partial charge >= 0.3 is 6.18 Å². The number of benzene rings is 1. The lowest BCUT2D eigenvalue weighted by atomic mass is 10.2. The number of ether oxygens (including phenoxy) is 1. The molecule has 0 saturated carbocycles. The van der Waals surface area contributed by atoms with E-state index in [1.807, 2.05) is 0 Å². The number of amides is 1. The second kappa shape index (κ2) is 6.04. The van der Waals surface area contributed by atoms with Crippen LogP contribution in [0.4, 0.5) is 17.6 Å². The number of hydrogen-bond donors (Lipinski definition) is 1. The van der Waals surface area contributed by atoms with Gasteiger partial charge in [-0.1, -0.05) is 6.07 Å². The molecule has 1 aromatic carbocycles.